The molecular weight excluding hydrogens is 437 g/mol. The van der Waals surface area contributed by atoms with Gasteiger partial charge >= 0.3 is 0 Å². The summed E-state index contributed by atoms with van der Waals surface area (Å²) in [6.45, 7) is 1.58. The number of benzene rings is 2. The van der Waals surface area contributed by atoms with Gasteiger partial charge < -0.3 is 19.5 Å². The van der Waals surface area contributed by atoms with Crippen LogP contribution < -0.4 is 15.6 Å². The minimum Gasteiger partial charge on any atom is -0.497 e. The fourth-order valence-corrected chi connectivity index (χ4v) is 4.92. The number of amides is 2. The van der Waals surface area contributed by atoms with Crippen LogP contribution in [0.3, 0.4) is 0 Å². The van der Waals surface area contributed by atoms with E-state index in [0.717, 1.165) is 12.1 Å². The zero-order valence-corrected chi connectivity index (χ0v) is 18.7. The Morgan fingerprint density at radius 1 is 0.941 bits per heavy atom. The lowest BCUT2D eigenvalue weighted by atomic mass is 9.83. The van der Waals surface area contributed by atoms with E-state index in [1.165, 1.54) is 24.3 Å². The zero-order valence-electron chi connectivity index (χ0n) is 18.7. The minimum atomic E-state index is -0.468. The third kappa shape index (κ3) is 4.07. The number of piperidine rings is 1. The van der Waals surface area contributed by atoms with E-state index in [4.69, 9.17) is 4.74 Å². The average Bonchev–Trinajstić information content (AvgIpc) is 2.86. The van der Waals surface area contributed by atoms with Gasteiger partial charge in [0, 0.05) is 42.4 Å². The van der Waals surface area contributed by atoms with Crippen LogP contribution in [0, 0.1) is 11.7 Å². The fourth-order valence-electron chi connectivity index (χ4n) is 4.92. The first-order valence-electron chi connectivity index (χ1n) is 11.2. The molecule has 2 amide bonds. The Kier molecular flexibility index (Phi) is 5.65. The van der Waals surface area contributed by atoms with Crippen LogP contribution in [-0.4, -0.2) is 41.5 Å². The highest BCUT2D eigenvalue weighted by atomic mass is 19.1. The second-order valence-electron chi connectivity index (χ2n) is 8.79. The number of likely N-dealkylation sites (tertiary alicyclic amines) is 1. The van der Waals surface area contributed by atoms with E-state index in [-0.39, 0.29) is 34.6 Å². The van der Waals surface area contributed by atoms with E-state index in [1.54, 1.807) is 42.0 Å². The van der Waals surface area contributed by atoms with Crippen LogP contribution in [0.5, 0.6) is 5.75 Å². The molecule has 5 rings (SSSR count). The molecule has 2 aliphatic rings. The SMILES string of the molecule is COc1ccc(C(=O)N2C[C@H]3C[C@H](C2)c2ccc(NC(=O)c4ccc(F)cc4)c(=O)n2C3)cc1. The number of carbonyl (C=O) groups is 2. The molecule has 174 valence electrons. The van der Waals surface area contributed by atoms with Gasteiger partial charge in [-0.3, -0.25) is 14.4 Å². The van der Waals surface area contributed by atoms with Gasteiger partial charge in [0.05, 0.1) is 7.11 Å². The van der Waals surface area contributed by atoms with Crippen molar-refractivity contribution in [1.82, 2.24) is 9.47 Å². The molecule has 0 aliphatic carbocycles. The number of pyridine rings is 1. The summed E-state index contributed by atoms with van der Waals surface area (Å²) >= 11 is 0. The Bertz CT molecular complexity index is 1300. The van der Waals surface area contributed by atoms with Crippen LogP contribution in [0.1, 0.15) is 38.7 Å². The van der Waals surface area contributed by atoms with E-state index in [1.807, 2.05) is 11.0 Å². The highest BCUT2D eigenvalue weighted by Crippen LogP contribution is 2.36. The molecule has 0 unspecified atom stereocenters. The lowest BCUT2D eigenvalue weighted by molar-refractivity contribution is 0.0594. The van der Waals surface area contributed by atoms with Gasteiger partial charge in [0.25, 0.3) is 17.4 Å². The number of hydrogen-bond acceptors (Lipinski definition) is 4. The second kappa shape index (κ2) is 8.78. The van der Waals surface area contributed by atoms with Gasteiger partial charge in [-0.1, -0.05) is 0 Å². The van der Waals surface area contributed by atoms with E-state index in [9.17, 15) is 18.8 Å². The summed E-state index contributed by atoms with van der Waals surface area (Å²) in [5.74, 6) is -0.0427. The number of nitrogens with zero attached hydrogens (tertiary/aromatic N) is 2. The molecule has 34 heavy (non-hydrogen) atoms. The van der Waals surface area contributed by atoms with Crippen molar-refractivity contribution in [2.24, 2.45) is 5.92 Å². The number of rotatable bonds is 4. The molecule has 1 saturated heterocycles. The van der Waals surface area contributed by atoms with E-state index >= 15 is 0 Å². The summed E-state index contributed by atoms with van der Waals surface area (Å²) in [6.07, 6.45) is 0.910. The number of methoxy groups -OCH3 is 1. The average molecular weight is 461 g/mol. The molecule has 2 aliphatic heterocycles. The minimum absolute atomic E-state index is 0.0312. The molecule has 1 N–H and O–H groups in total. The standard InChI is InChI=1S/C26H24FN3O4/c1-34-21-8-4-18(5-9-21)25(32)29-13-16-12-19(15-29)23-11-10-22(26(33)30(23)14-16)28-24(31)17-2-6-20(27)7-3-17/h2-11,16,19H,12-15H2,1H3,(H,28,31)/t16-,19-/m1/s1. The largest absolute Gasteiger partial charge is 0.497 e. The normalized spacial score (nSPS) is 18.7. The summed E-state index contributed by atoms with van der Waals surface area (Å²) in [6, 6.07) is 15.7. The number of hydrogen-bond donors (Lipinski definition) is 1. The predicted molar refractivity (Wildman–Crippen MR) is 125 cm³/mol. The van der Waals surface area contributed by atoms with Crippen molar-refractivity contribution in [3.8, 4) is 5.75 Å². The van der Waals surface area contributed by atoms with Crippen molar-refractivity contribution in [2.75, 3.05) is 25.5 Å². The molecule has 2 bridgehead atoms. The summed E-state index contributed by atoms with van der Waals surface area (Å²) in [5, 5.41) is 2.65. The van der Waals surface area contributed by atoms with Crippen molar-refractivity contribution >= 4 is 17.5 Å². The van der Waals surface area contributed by atoms with Gasteiger partial charge in [0.1, 0.15) is 17.3 Å². The van der Waals surface area contributed by atoms with Gasteiger partial charge in [-0.25, -0.2) is 4.39 Å². The van der Waals surface area contributed by atoms with Crippen molar-refractivity contribution < 1.29 is 18.7 Å². The van der Waals surface area contributed by atoms with E-state index in [2.05, 4.69) is 5.32 Å². The number of halogens is 1. The van der Waals surface area contributed by atoms with E-state index < -0.39 is 11.7 Å². The Hall–Kier alpha value is -3.94. The van der Waals surface area contributed by atoms with Crippen molar-refractivity contribution in [3.05, 3.63) is 93.7 Å². The molecule has 0 saturated carbocycles. The van der Waals surface area contributed by atoms with Gasteiger partial charge in [0.2, 0.25) is 0 Å². The quantitative estimate of drug-likeness (QED) is 0.645. The third-order valence-electron chi connectivity index (χ3n) is 6.58. The maximum Gasteiger partial charge on any atom is 0.274 e. The number of ether oxygens (including phenoxy) is 1. The van der Waals surface area contributed by atoms with Crippen LogP contribution >= 0.6 is 0 Å². The van der Waals surface area contributed by atoms with Crippen LogP contribution in [0.2, 0.25) is 0 Å². The van der Waals surface area contributed by atoms with Crippen molar-refractivity contribution in [1.29, 1.82) is 0 Å². The Labute approximate surface area is 195 Å². The van der Waals surface area contributed by atoms with Gasteiger partial charge in [-0.15, -0.1) is 0 Å². The highest BCUT2D eigenvalue weighted by molar-refractivity contribution is 6.04. The second-order valence-corrected chi connectivity index (χ2v) is 8.79. The number of carbonyl (C=O) groups excluding carboxylic acids is 2. The maximum atomic E-state index is 13.2. The van der Waals surface area contributed by atoms with Crippen LogP contribution in [0.15, 0.2) is 65.5 Å². The lowest BCUT2D eigenvalue weighted by Crippen LogP contribution is -2.49. The smallest absolute Gasteiger partial charge is 0.274 e. The summed E-state index contributed by atoms with van der Waals surface area (Å²) in [5.41, 5.74) is 1.67. The monoisotopic (exact) mass is 461 g/mol. The van der Waals surface area contributed by atoms with E-state index in [0.29, 0.717) is 30.9 Å². The highest BCUT2D eigenvalue weighted by Gasteiger charge is 2.37. The molecular formula is C26H24FN3O4. The maximum absolute atomic E-state index is 13.2. The number of anilines is 1. The molecule has 3 aromatic rings. The number of aromatic nitrogens is 1. The lowest BCUT2D eigenvalue weighted by Gasteiger charge is -2.43. The topological polar surface area (TPSA) is 80.6 Å². The first-order chi connectivity index (χ1) is 16.4. The van der Waals surface area contributed by atoms with Gasteiger partial charge in [-0.05, 0) is 73.0 Å². The van der Waals surface area contributed by atoms with Crippen LogP contribution in [-0.2, 0) is 6.54 Å². The molecule has 1 fully saturated rings. The molecule has 8 heteroatoms. The van der Waals surface area contributed by atoms with Crippen LogP contribution in [0.25, 0.3) is 0 Å². The molecule has 2 atom stereocenters. The first-order valence-corrected chi connectivity index (χ1v) is 11.2. The number of nitrogens with one attached hydrogen (secondary N) is 1. The van der Waals surface area contributed by atoms with Gasteiger partial charge in [-0.2, -0.15) is 0 Å². The van der Waals surface area contributed by atoms with Crippen LogP contribution in [0.4, 0.5) is 10.1 Å². The third-order valence-corrected chi connectivity index (χ3v) is 6.58. The Morgan fingerprint density at radius 3 is 2.35 bits per heavy atom. The van der Waals surface area contributed by atoms with Crippen molar-refractivity contribution in [3.63, 3.8) is 0 Å². The zero-order chi connectivity index (χ0) is 23.8. The predicted octanol–water partition coefficient (Wildman–Crippen LogP) is 3.51. The fraction of sp³-hybridized carbons (Fsp3) is 0.269. The van der Waals surface area contributed by atoms with Gasteiger partial charge in [0.15, 0.2) is 0 Å². The molecule has 0 spiro atoms. The van der Waals surface area contributed by atoms with Crippen molar-refractivity contribution in [2.45, 2.75) is 18.9 Å². The first kappa shape index (κ1) is 21.9. The summed E-state index contributed by atoms with van der Waals surface area (Å²) < 4.78 is 20.0. The molecule has 1 aromatic heterocycles. The Morgan fingerprint density at radius 2 is 1.65 bits per heavy atom. The molecule has 7 nitrogen and oxygen atoms in total. The Balaban J connectivity index is 1.35. The summed E-state index contributed by atoms with van der Waals surface area (Å²) in [4.78, 5) is 40.6. The molecule has 3 heterocycles. The number of fused-ring (bicyclic) bond motifs is 4. The molecule has 0 radical (unpaired) electrons. The molecule has 2 aromatic carbocycles. The summed E-state index contributed by atoms with van der Waals surface area (Å²) in [7, 11) is 1.58.